The summed E-state index contributed by atoms with van der Waals surface area (Å²) in [7, 11) is 1.83. The quantitative estimate of drug-likeness (QED) is 0.825. The summed E-state index contributed by atoms with van der Waals surface area (Å²) >= 11 is 8.69. The summed E-state index contributed by atoms with van der Waals surface area (Å²) in [6.45, 7) is 0.572. The van der Waals surface area contributed by atoms with Gasteiger partial charge >= 0.3 is 0 Å². The summed E-state index contributed by atoms with van der Waals surface area (Å²) in [5, 5.41) is 0. The Morgan fingerprint density at radius 1 is 1.38 bits per heavy atom. The van der Waals surface area contributed by atoms with Crippen molar-refractivity contribution in [3.8, 4) is 0 Å². The largest absolute Gasteiger partial charge is 0.392 e. The zero-order chi connectivity index (χ0) is 15.5. The molecule has 0 bridgehead atoms. The highest BCUT2D eigenvalue weighted by atomic mass is 79.9. The van der Waals surface area contributed by atoms with E-state index in [4.69, 9.17) is 18.0 Å². The Bertz CT molecular complexity index is 541. The van der Waals surface area contributed by atoms with E-state index in [1.165, 1.54) is 0 Å². The topological polar surface area (TPSA) is 46.3 Å². The van der Waals surface area contributed by atoms with E-state index in [1.54, 1.807) is 4.90 Å². The number of halogens is 1. The van der Waals surface area contributed by atoms with Crippen LogP contribution < -0.4 is 5.73 Å². The van der Waals surface area contributed by atoms with Crippen LogP contribution in [0.5, 0.6) is 0 Å². The Hall–Kier alpha value is -0.940. The first kappa shape index (κ1) is 16.4. The van der Waals surface area contributed by atoms with Crippen LogP contribution in [-0.4, -0.2) is 22.8 Å². The van der Waals surface area contributed by atoms with Crippen LogP contribution in [0.2, 0.25) is 0 Å². The van der Waals surface area contributed by atoms with Crippen LogP contribution in [0.15, 0.2) is 28.7 Å². The second kappa shape index (κ2) is 6.88. The molecule has 1 amide bonds. The van der Waals surface area contributed by atoms with Gasteiger partial charge in [0.2, 0.25) is 5.91 Å². The molecule has 1 saturated carbocycles. The third-order valence-electron chi connectivity index (χ3n) is 4.24. The van der Waals surface area contributed by atoms with E-state index in [1.807, 2.05) is 31.3 Å². The summed E-state index contributed by atoms with van der Waals surface area (Å²) in [6, 6.07) is 7.99. The molecule has 0 atom stereocenters. The molecular weight excluding hydrogens is 348 g/mol. The fourth-order valence-corrected chi connectivity index (χ4v) is 3.81. The van der Waals surface area contributed by atoms with Crippen LogP contribution in [0.1, 0.15) is 37.7 Å². The molecule has 0 aromatic heterocycles. The number of hydrogen-bond donors (Lipinski definition) is 1. The van der Waals surface area contributed by atoms with Crippen LogP contribution >= 0.6 is 28.1 Å². The average Bonchev–Trinajstić information content (AvgIpc) is 2.47. The Morgan fingerprint density at radius 2 is 2.05 bits per heavy atom. The molecule has 1 aromatic rings. The minimum Gasteiger partial charge on any atom is -0.392 e. The van der Waals surface area contributed by atoms with Crippen molar-refractivity contribution in [1.82, 2.24) is 4.90 Å². The van der Waals surface area contributed by atoms with Gasteiger partial charge in [-0.1, -0.05) is 59.5 Å². The molecule has 0 aliphatic heterocycles. The smallest absolute Gasteiger partial charge is 0.235 e. The van der Waals surface area contributed by atoms with Crippen LogP contribution in [0, 0.1) is 5.41 Å². The highest BCUT2D eigenvalue weighted by Gasteiger charge is 2.43. The molecular formula is C16H21BrN2OS. The minimum atomic E-state index is -0.631. The van der Waals surface area contributed by atoms with Crippen LogP contribution in [0.3, 0.4) is 0 Å². The minimum absolute atomic E-state index is 0.0645. The SMILES string of the molecule is CN(Cc1cccc(Br)c1)C(=O)C1(C(N)=S)CCCCC1. The zero-order valence-corrected chi connectivity index (χ0v) is 14.7. The van der Waals surface area contributed by atoms with Gasteiger partial charge in [0.25, 0.3) is 0 Å². The van der Waals surface area contributed by atoms with Gasteiger partial charge in [-0.15, -0.1) is 0 Å². The lowest BCUT2D eigenvalue weighted by Crippen LogP contribution is -2.50. The fraction of sp³-hybridized carbons (Fsp3) is 0.500. The molecule has 0 radical (unpaired) electrons. The van der Waals surface area contributed by atoms with Gasteiger partial charge in [-0.2, -0.15) is 0 Å². The van der Waals surface area contributed by atoms with Gasteiger partial charge in [0.1, 0.15) is 0 Å². The van der Waals surface area contributed by atoms with E-state index >= 15 is 0 Å². The lowest BCUT2D eigenvalue weighted by Gasteiger charge is -2.37. The van der Waals surface area contributed by atoms with Crippen LogP contribution in [0.25, 0.3) is 0 Å². The second-order valence-electron chi connectivity index (χ2n) is 5.80. The monoisotopic (exact) mass is 368 g/mol. The predicted octanol–water partition coefficient (Wildman–Crippen LogP) is 3.64. The van der Waals surface area contributed by atoms with Crippen molar-refractivity contribution in [3.63, 3.8) is 0 Å². The van der Waals surface area contributed by atoms with E-state index in [2.05, 4.69) is 15.9 Å². The molecule has 1 aromatic carbocycles. The van der Waals surface area contributed by atoms with Gasteiger partial charge in [-0.3, -0.25) is 4.79 Å². The normalized spacial score (nSPS) is 17.2. The molecule has 114 valence electrons. The van der Waals surface area contributed by atoms with E-state index in [9.17, 15) is 4.79 Å². The molecule has 1 aliphatic carbocycles. The number of carbonyl (C=O) groups excluding carboxylic acids is 1. The highest BCUT2D eigenvalue weighted by molar-refractivity contribution is 9.10. The van der Waals surface area contributed by atoms with Crippen LogP contribution in [0.4, 0.5) is 0 Å². The first-order valence-electron chi connectivity index (χ1n) is 7.25. The molecule has 5 heteroatoms. The number of amides is 1. The molecule has 3 nitrogen and oxygen atoms in total. The van der Waals surface area contributed by atoms with Crippen LogP contribution in [-0.2, 0) is 11.3 Å². The van der Waals surface area contributed by atoms with Gasteiger partial charge in [-0.05, 0) is 30.5 Å². The van der Waals surface area contributed by atoms with Gasteiger partial charge in [0.15, 0.2) is 0 Å². The molecule has 0 spiro atoms. The summed E-state index contributed by atoms with van der Waals surface area (Å²) in [5.74, 6) is 0.0645. The molecule has 2 rings (SSSR count). The third-order valence-corrected chi connectivity index (χ3v) is 5.13. The van der Waals surface area contributed by atoms with E-state index in [-0.39, 0.29) is 5.91 Å². The van der Waals surface area contributed by atoms with Crippen molar-refractivity contribution < 1.29 is 4.79 Å². The van der Waals surface area contributed by atoms with Gasteiger partial charge in [0.05, 0.1) is 10.4 Å². The maximum absolute atomic E-state index is 12.9. The maximum atomic E-state index is 12.9. The van der Waals surface area contributed by atoms with Gasteiger partial charge in [-0.25, -0.2) is 0 Å². The van der Waals surface area contributed by atoms with Crippen molar-refractivity contribution >= 4 is 39.0 Å². The number of benzene rings is 1. The first-order chi connectivity index (χ1) is 9.95. The lowest BCUT2D eigenvalue weighted by atomic mass is 9.73. The van der Waals surface area contributed by atoms with Crippen molar-refractivity contribution in [1.29, 1.82) is 0 Å². The number of thiocarbonyl (C=S) groups is 1. The Morgan fingerprint density at radius 3 is 2.62 bits per heavy atom. The fourth-order valence-electron chi connectivity index (χ4n) is 3.07. The predicted molar refractivity (Wildman–Crippen MR) is 92.9 cm³/mol. The number of nitrogens with zero attached hydrogens (tertiary/aromatic N) is 1. The van der Waals surface area contributed by atoms with Crippen molar-refractivity contribution in [2.75, 3.05) is 7.05 Å². The third kappa shape index (κ3) is 3.64. The van der Waals surface area contributed by atoms with Crippen molar-refractivity contribution in [2.24, 2.45) is 11.1 Å². The standard InChI is InChI=1S/C16H21BrN2OS/c1-19(11-12-6-5-7-13(17)10-12)15(20)16(14(18)21)8-3-2-4-9-16/h5-7,10H,2-4,8-9,11H2,1H3,(H2,18,21). The van der Waals surface area contributed by atoms with Gasteiger partial charge in [0, 0.05) is 18.1 Å². The zero-order valence-electron chi connectivity index (χ0n) is 12.3. The number of hydrogen-bond acceptors (Lipinski definition) is 2. The summed E-state index contributed by atoms with van der Waals surface area (Å²) in [4.78, 5) is 15.0. The highest BCUT2D eigenvalue weighted by Crippen LogP contribution is 2.38. The first-order valence-corrected chi connectivity index (χ1v) is 8.46. The molecule has 0 heterocycles. The molecule has 2 N–H and O–H groups in total. The molecule has 0 unspecified atom stereocenters. The summed E-state index contributed by atoms with van der Waals surface area (Å²) in [6.07, 6.45) is 4.77. The van der Waals surface area contributed by atoms with Crippen molar-refractivity contribution in [3.05, 3.63) is 34.3 Å². The maximum Gasteiger partial charge on any atom is 0.235 e. The molecule has 1 aliphatic rings. The number of nitrogens with two attached hydrogens (primary N) is 1. The van der Waals surface area contributed by atoms with E-state index < -0.39 is 5.41 Å². The van der Waals surface area contributed by atoms with Crippen molar-refractivity contribution in [2.45, 2.75) is 38.6 Å². The summed E-state index contributed by atoms with van der Waals surface area (Å²) in [5.41, 5.74) is 6.40. The van der Waals surface area contributed by atoms with E-state index in [0.717, 1.165) is 42.1 Å². The number of rotatable bonds is 4. The van der Waals surface area contributed by atoms with Gasteiger partial charge < -0.3 is 10.6 Å². The summed E-state index contributed by atoms with van der Waals surface area (Å²) < 4.78 is 1.02. The molecule has 0 saturated heterocycles. The Labute approximate surface area is 140 Å². The lowest BCUT2D eigenvalue weighted by molar-refractivity contribution is -0.138. The average molecular weight is 369 g/mol. The Balaban J connectivity index is 2.15. The Kier molecular flexibility index (Phi) is 5.38. The molecule has 1 fully saturated rings. The van der Waals surface area contributed by atoms with E-state index in [0.29, 0.717) is 11.5 Å². The molecule has 21 heavy (non-hydrogen) atoms. The number of carbonyl (C=O) groups is 1. The second-order valence-corrected chi connectivity index (χ2v) is 7.15.